The highest BCUT2D eigenvalue weighted by Crippen LogP contribution is 2.30. The third-order valence-electron chi connectivity index (χ3n) is 4.00. The van der Waals surface area contributed by atoms with Gasteiger partial charge in [-0.25, -0.2) is 0 Å². The highest BCUT2D eigenvalue weighted by atomic mass is 16.5. The van der Waals surface area contributed by atoms with Gasteiger partial charge in [-0.3, -0.25) is 9.48 Å². The van der Waals surface area contributed by atoms with Gasteiger partial charge in [0.15, 0.2) is 0 Å². The molecule has 0 saturated carbocycles. The van der Waals surface area contributed by atoms with Crippen molar-refractivity contribution in [1.82, 2.24) is 24.7 Å². The van der Waals surface area contributed by atoms with Crippen LogP contribution in [0.3, 0.4) is 0 Å². The average molecular weight is 377 g/mol. The van der Waals surface area contributed by atoms with Crippen molar-refractivity contribution in [3.8, 4) is 11.6 Å². The molecular formula is C19H19N7O2. The van der Waals surface area contributed by atoms with Crippen molar-refractivity contribution in [3.63, 3.8) is 0 Å². The zero-order valence-corrected chi connectivity index (χ0v) is 15.4. The summed E-state index contributed by atoms with van der Waals surface area (Å²) >= 11 is 0. The van der Waals surface area contributed by atoms with Crippen molar-refractivity contribution in [2.75, 3.05) is 10.6 Å². The number of anilines is 3. The fourth-order valence-electron chi connectivity index (χ4n) is 2.66. The van der Waals surface area contributed by atoms with E-state index in [1.807, 2.05) is 31.4 Å². The van der Waals surface area contributed by atoms with Crippen LogP contribution in [0.5, 0.6) is 11.6 Å². The van der Waals surface area contributed by atoms with Crippen LogP contribution in [0.15, 0.2) is 48.9 Å². The summed E-state index contributed by atoms with van der Waals surface area (Å²) in [6.07, 6.45) is 5.69. The van der Waals surface area contributed by atoms with E-state index in [1.54, 1.807) is 36.1 Å². The maximum Gasteiger partial charge on any atom is 0.233 e. The molecule has 0 atom stereocenters. The lowest BCUT2D eigenvalue weighted by atomic mass is 10.3. The van der Waals surface area contributed by atoms with Crippen molar-refractivity contribution in [2.45, 2.75) is 13.3 Å². The number of hydrogen-bond donors (Lipinski definition) is 3. The van der Waals surface area contributed by atoms with E-state index in [1.165, 1.54) is 0 Å². The summed E-state index contributed by atoms with van der Waals surface area (Å²) in [6.45, 7) is 1.80. The third-order valence-corrected chi connectivity index (χ3v) is 4.00. The van der Waals surface area contributed by atoms with Gasteiger partial charge in [-0.2, -0.15) is 15.1 Å². The van der Waals surface area contributed by atoms with Gasteiger partial charge in [-0.15, -0.1) is 0 Å². The van der Waals surface area contributed by atoms with Gasteiger partial charge in [-0.1, -0.05) is 13.0 Å². The molecule has 3 aromatic heterocycles. The number of carbonyl (C=O) groups is 1. The van der Waals surface area contributed by atoms with E-state index in [-0.39, 0.29) is 5.91 Å². The Bertz CT molecular complexity index is 1130. The number of H-pyrrole nitrogens is 1. The van der Waals surface area contributed by atoms with Gasteiger partial charge in [0.2, 0.25) is 17.7 Å². The second-order valence-electron chi connectivity index (χ2n) is 6.15. The van der Waals surface area contributed by atoms with Crippen LogP contribution in [-0.4, -0.2) is 30.6 Å². The molecule has 0 bridgehead atoms. The maximum atomic E-state index is 11.6. The summed E-state index contributed by atoms with van der Waals surface area (Å²) in [5.74, 6) is 1.28. The quantitative estimate of drug-likeness (QED) is 0.474. The zero-order chi connectivity index (χ0) is 19.5. The average Bonchev–Trinajstić information content (AvgIpc) is 3.31. The number of rotatable bonds is 6. The smallest absolute Gasteiger partial charge is 0.233 e. The summed E-state index contributed by atoms with van der Waals surface area (Å²) in [6, 6.07) is 9.02. The number of amides is 1. The second-order valence-corrected chi connectivity index (χ2v) is 6.15. The van der Waals surface area contributed by atoms with Crippen molar-refractivity contribution < 1.29 is 9.53 Å². The molecule has 4 aromatic rings. The first-order chi connectivity index (χ1) is 13.6. The van der Waals surface area contributed by atoms with Gasteiger partial charge in [0.1, 0.15) is 11.4 Å². The Balaban J connectivity index is 1.63. The largest absolute Gasteiger partial charge is 0.438 e. The van der Waals surface area contributed by atoms with E-state index in [0.717, 1.165) is 11.1 Å². The molecule has 0 aliphatic rings. The van der Waals surface area contributed by atoms with Gasteiger partial charge in [0.05, 0.1) is 17.3 Å². The molecular weight excluding hydrogens is 358 g/mol. The molecule has 142 valence electrons. The molecule has 0 saturated heterocycles. The molecule has 9 nitrogen and oxygen atoms in total. The predicted octanol–water partition coefficient (Wildman–Crippen LogP) is 3.58. The van der Waals surface area contributed by atoms with Crippen LogP contribution in [0.2, 0.25) is 0 Å². The molecule has 28 heavy (non-hydrogen) atoms. The number of benzene rings is 1. The van der Waals surface area contributed by atoms with Crippen LogP contribution < -0.4 is 15.4 Å². The lowest BCUT2D eigenvalue weighted by molar-refractivity contribution is -0.115. The molecule has 0 fully saturated rings. The number of hydrogen-bond acceptors (Lipinski definition) is 6. The highest BCUT2D eigenvalue weighted by Gasteiger charge is 2.12. The molecule has 3 heterocycles. The minimum absolute atomic E-state index is 0.0600. The highest BCUT2D eigenvalue weighted by molar-refractivity contribution is 5.90. The molecule has 0 aliphatic carbocycles. The van der Waals surface area contributed by atoms with Gasteiger partial charge >= 0.3 is 0 Å². The number of carbonyl (C=O) groups excluding carboxylic acids is 1. The van der Waals surface area contributed by atoms with E-state index in [4.69, 9.17) is 4.74 Å². The normalized spacial score (nSPS) is 10.8. The number of ether oxygens (including phenoxy) is 1. The number of nitrogens with one attached hydrogen (secondary N) is 3. The lowest BCUT2D eigenvalue weighted by Gasteiger charge is -2.10. The minimum Gasteiger partial charge on any atom is -0.438 e. The zero-order valence-electron chi connectivity index (χ0n) is 15.4. The summed E-state index contributed by atoms with van der Waals surface area (Å²) < 4.78 is 7.69. The first-order valence-corrected chi connectivity index (χ1v) is 8.79. The van der Waals surface area contributed by atoms with Crippen LogP contribution in [-0.2, 0) is 11.8 Å². The summed E-state index contributed by atoms with van der Waals surface area (Å²) in [5.41, 5.74) is 2.08. The minimum atomic E-state index is -0.0600. The maximum absolute atomic E-state index is 11.6. The summed E-state index contributed by atoms with van der Waals surface area (Å²) in [4.78, 5) is 23.6. The number of aromatic nitrogens is 5. The number of nitrogens with zero attached hydrogens (tertiary/aromatic N) is 4. The molecule has 0 spiro atoms. The molecule has 0 aliphatic heterocycles. The van der Waals surface area contributed by atoms with Crippen LogP contribution in [0.1, 0.15) is 13.3 Å². The van der Waals surface area contributed by atoms with Crippen molar-refractivity contribution in [3.05, 3.63) is 48.9 Å². The lowest BCUT2D eigenvalue weighted by Crippen LogP contribution is -2.09. The molecule has 1 amide bonds. The second kappa shape index (κ2) is 7.39. The van der Waals surface area contributed by atoms with E-state index in [9.17, 15) is 4.79 Å². The molecule has 0 unspecified atom stereocenters. The Morgan fingerprint density at radius 1 is 1.25 bits per heavy atom. The molecule has 9 heteroatoms. The first kappa shape index (κ1) is 17.5. The Morgan fingerprint density at radius 3 is 2.93 bits per heavy atom. The monoisotopic (exact) mass is 377 g/mol. The van der Waals surface area contributed by atoms with E-state index in [2.05, 4.69) is 30.7 Å². The standard InChI is InChI=1S/C19H19N7O2/c1-3-16(27)22-12-5-4-6-14(9-12)28-18-15-7-8-20-17(15)24-19(25-18)23-13-10-21-26(2)11-13/h4-11H,3H2,1-2H3,(H,22,27)(H2,20,23,24,25). The summed E-state index contributed by atoms with van der Waals surface area (Å²) in [5, 5.41) is 10.8. The van der Waals surface area contributed by atoms with Crippen molar-refractivity contribution >= 4 is 34.3 Å². The Kier molecular flexibility index (Phi) is 4.63. The van der Waals surface area contributed by atoms with E-state index in [0.29, 0.717) is 35.3 Å². The van der Waals surface area contributed by atoms with Crippen molar-refractivity contribution in [1.29, 1.82) is 0 Å². The van der Waals surface area contributed by atoms with Crippen LogP contribution in [0.25, 0.3) is 11.0 Å². The predicted molar refractivity (Wildman–Crippen MR) is 106 cm³/mol. The van der Waals surface area contributed by atoms with Crippen LogP contribution in [0, 0.1) is 0 Å². The number of aryl methyl sites for hydroxylation is 1. The topological polar surface area (TPSA) is 110 Å². The van der Waals surface area contributed by atoms with Gasteiger partial charge in [0, 0.05) is 37.6 Å². The van der Waals surface area contributed by atoms with Crippen LogP contribution in [0.4, 0.5) is 17.3 Å². The van der Waals surface area contributed by atoms with Gasteiger partial charge in [-0.05, 0) is 18.2 Å². The number of fused-ring (bicyclic) bond motifs is 1. The Labute approximate surface area is 160 Å². The molecule has 3 N–H and O–H groups in total. The third kappa shape index (κ3) is 3.78. The Hall–Kier alpha value is -3.88. The number of aromatic amines is 1. The molecule has 0 radical (unpaired) electrons. The van der Waals surface area contributed by atoms with Gasteiger partial charge < -0.3 is 20.4 Å². The summed E-state index contributed by atoms with van der Waals surface area (Å²) in [7, 11) is 1.83. The van der Waals surface area contributed by atoms with E-state index >= 15 is 0 Å². The van der Waals surface area contributed by atoms with Crippen molar-refractivity contribution in [2.24, 2.45) is 7.05 Å². The fraction of sp³-hybridized carbons (Fsp3) is 0.158. The van der Waals surface area contributed by atoms with E-state index < -0.39 is 0 Å². The fourth-order valence-corrected chi connectivity index (χ4v) is 2.66. The SMILES string of the molecule is CCC(=O)Nc1cccc(Oc2nc(Nc3cnn(C)c3)nc3[nH]ccc23)c1. The molecule has 4 rings (SSSR count). The first-order valence-electron chi connectivity index (χ1n) is 8.79. The van der Waals surface area contributed by atoms with Crippen LogP contribution >= 0.6 is 0 Å². The molecule has 1 aromatic carbocycles. The van der Waals surface area contributed by atoms with Gasteiger partial charge in [0.25, 0.3) is 0 Å². The Morgan fingerprint density at radius 2 is 2.14 bits per heavy atom.